The molecule has 0 saturated carbocycles. The lowest BCUT2D eigenvalue weighted by Gasteiger charge is -2.08. The molecule has 0 aliphatic rings. The van der Waals surface area contributed by atoms with Gasteiger partial charge in [0.25, 0.3) is 5.91 Å². The Morgan fingerprint density at radius 3 is 2.48 bits per heavy atom. The summed E-state index contributed by atoms with van der Waals surface area (Å²) in [6, 6.07) is 6.46. The van der Waals surface area contributed by atoms with Gasteiger partial charge in [-0.2, -0.15) is 0 Å². The zero-order valence-electron chi connectivity index (χ0n) is 13.4. The lowest BCUT2D eigenvalue weighted by atomic mass is 10.3. The minimum atomic E-state index is -0.706. The predicted molar refractivity (Wildman–Crippen MR) is 93.4 cm³/mol. The number of hydrogen-bond acceptors (Lipinski definition) is 5. The van der Waals surface area contributed by atoms with Gasteiger partial charge in [-0.15, -0.1) is 11.3 Å². The average Bonchev–Trinajstić information content (AvgIpc) is 2.87. The molecule has 1 aromatic carbocycles. The molecule has 8 heteroatoms. The van der Waals surface area contributed by atoms with E-state index in [0.717, 1.165) is 23.9 Å². The van der Waals surface area contributed by atoms with Crippen LogP contribution in [0.5, 0.6) is 0 Å². The van der Waals surface area contributed by atoms with Crippen LogP contribution >= 0.6 is 11.3 Å². The molecule has 0 aliphatic carbocycles. The Morgan fingerprint density at radius 2 is 1.80 bits per heavy atom. The first-order valence-electron chi connectivity index (χ1n) is 7.35. The van der Waals surface area contributed by atoms with Crippen LogP contribution in [0, 0.1) is 25.5 Å². The molecule has 1 amide bonds. The summed E-state index contributed by atoms with van der Waals surface area (Å²) in [6.07, 6.45) is 1.59. The molecule has 0 bridgehead atoms. The molecule has 0 aliphatic heterocycles. The molecule has 2 N–H and O–H groups in total. The highest BCUT2D eigenvalue weighted by atomic mass is 32.1. The largest absolute Gasteiger partial charge is 0.345 e. The summed E-state index contributed by atoms with van der Waals surface area (Å²) in [5, 5.41) is 6.65. The van der Waals surface area contributed by atoms with Crippen molar-refractivity contribution < 1.29 is 13.6 Å². The zero-order valence-corrected chi connectivity index (χ0v) is 14.2. The lowest BCUT2D eigenvalue weighted by molar-refractivity contribution is 0.102. The van der Waals surface area contributed by atoms with Gasteiger partial charge in [0.2, 0.25) is 0 Å². The second kappa shape index (κ2) is 6.94. The van der Waals surface area contributed by atoms with E-state index in [0.29, 0.717) is 15.7 Å². The van der Waals surface area contributed by atoms with Crippen LogP contribution in [0.15, 0.2) is 36.5 Å². The zero-order chi connectivity index (χ0) is 18.0. The van der Waals surface area contributed by atoms with Crippen LogP contribution in [0.25, 0.3) is 0 Å². The van der Waals surface area contributed by atoms with E-state index in [2.05, 4.69) is 20.6 Å². The molecule has 25 heavy (non-hydrogen) atoms. The number of benzene rings is 1. The number of rotatable bonds is 4. The fourth-order valence-corrected chi connectivity index (χ4v) is 3.07. The molecule has 0 radical (unpaired) electrons. The SMILES string of the molecule is Cc1cc(NC(=O)c2nc(C)sc2Nc2cc(F)cc(F)c2)ccn1. The molecule has 3 rings (SSSR count). The van der Waals surface area contributed by atoms with Crippen molar-refractivity contribution in [3.8, 4) is 0 Å². The monoisotopic (exact) mass is 360 g/mol. The van der Waals surface area contributed by atoms with Crippen molar-refractivity contribution in [3.05, 3.63) is 64.6 Å². The van der Waals surface area contributed by atoms with Gasteiger partial charge in [0.05, 0.1) is 5.01 Å². The van der Waals surface area contributed by atoms with E-state index in [1.165, 1.54) is 11.3 Å². The first-order valence-corrected chi connectivity index (χ1v) is 8.17. The molecule has 0 unspecified atom stereocenters. The van der Waals surface area contributed by atoms with Crippen LogP contribution in [0.1, 0.15) is 21.2 Å². The molecular weight excluding hydrogens is 346 g/mol. The first kappa shape index (κ1) is 17.0. The standard InChI is InChI=1S/C17H14F2N4OS/c1-9-5-13(3-4-20-9)22-16(24)15-17(25-10(2)21-15)23-14-7-11(18)6-12(19)8-14/h3-8,23H,1-2H3,(H,20,22,24). The van der Waals surface area contributed by atoms with Crippen molar-refractivity contribution >= 4 is 33.6 Å². The summed E-state index contributed by atoms with van der Waals surface area (Å²) in [7, 11) is 0. The van der Waals surface area contributed by atoms with E-state index in [4.69, 9.17) is 0 Å². The molecular formula is C17H14F2N4OS. The van der Waals surface area contributed by atoms with E-state index in [9.17, 15) is 13.6 Å². The smallest absolute Gasteiger partial charge is 0.277 e. The van der Waals surface area contributed by atoms with Gasteiger partial charge < -0.3 is 10.6 Å². The number of aryl methyl sites for hydroxylation is 2. The Morgan fingerprint density at radius 1 is 1.08 bits per heavy atom. The van der Waals surface area contributed by atoms with Crippen LogP contribution in [-0.4, -0.2) is 15.9 Å². The van der Waals surface area contributed by atoms with Crippen molar-refractivity contribution in [2.45, 2.75) is 13.8 Å². The van der Waals surface area contributed by atoms with Gasteiger partial charge in [0, 0.05) is 29.3 Å². The molecule has 0 saturated heterocycles. The maximum atomic E-state index is 13.3. The third-order valence-corrected chi connectivity index (χ3v) is 4.11. The number of nitrogens with zero attached hydrogens (tertiary/aromatic N) is 2. The Hall–Kier alpha value is -2.87. The number of carbonyl (C=O) groups excluding carboxylic acids is 1. The van der Waals surface area contributed by atoms with Crippen molar-refractivity contribution in [1.82, 2.24) is 9.97 Å². The summed E-state index contributed by atoms with van der Waals surface area (Å²) in [4.78, 5) is 20.8. The van der Waals surface area contributed by atoms with Gasteiger partial charge in [-0.05, 0) is 38.1 Å². The van der Waals surface area contributed by atoms with Crippen molar-refractivity contribution in [2.24, 2.45) is 0 Å². The predicted octanol–water partition coefficient (Wildman–Crippen LogP) is 4.43. The van der Waals surface area contributed by atoms with Gasteiger partial charge >= 0.3 is 0 Å². The fourth-order valence-electron chi connectivity index (χ4n) is 2.24. The minimum absolute atomic E-state index is 0.154. The van der Waals surface area contributed by atoms with Crippen LogP contribution in [0.3, 0.4) is 0 Å². The second-order valence-electron chi connectivity index (χ2n) is 5.33. The Kier molecular flexibility index (Phi) is 4.71. The quantitative estimate of drug-likeness (QED) is 0.722. The molecule has 0 spiro atoms. The number of pyridine rings is 1. The number of halogens is 2. The number of hydrogen-bond donors (Lipinski definition) is 2. The summed E-state index contributed by atoms with van der Waals surface area (Å²) in [6.45, 7) is 3.56. The molecule has 2 aromatic heterocycles. The van der Waals surface area contributed by atoms with Crippen molar-refractivity contribution in [2.75, 3.05) is 10.6 Å². The topological polar surface area (TPSA) is 66.9 Å². The van der Waals surface area contributed by atoms with E-state index in [1.54, 1.807) is 25.3 Å². The third-order valence-electron chi connectivity index (χ3n) is 3.22. The molecule has 3 aromatic rings. The molecule has 0 fully saturated rings. The number of carbonyl (C=O) groups is 1. The highest BCUT2D eigenvalue weighted by Crippen LogP contribution is 2.29. The molecule has 2 heterocycles. The fraction of sp³-hybridized carbons (Fsp3) is 0.118. The molecule has 5 nitrogen and oxygen atoms in total. The van der Waals surface area contributed by atoms with E-state index < -0.39 is 17.5 Å². The van der Waals surface area contributed by atoms with Crippen LogP contribution in [0.2, 0.25) is 0 Å². The summed E-state index contributed by atoms with van der Waals surface area (Å²) in [5.41, 5.74) is 1.71. The minimum Gasteiger partial charge on any atom is -0.345 e. The van der Waals surface area contributed by atoms with Gasteiger partial charge in [-0.3, -0.25) is 9.78 Å². The molecule has 0 atom stereocenters. The lowest BCUT2D eigenvalue weighted by Crippen LogP contribution is -2.14. The maximum Gasteiger partial charge on any atom is 0.277 e. The Balaban J connectivity index is 1.86. The number of thiazole rings is 1. The van der Waals surface area contributed by atoms with Gasteiger partial charge in [-0.1, -0.05) is 0 Å². The van der Waals surface area contributed by atoms with E-state index >= 15 is 0 Å². The Labute approximate surface area is 146 Å². The summed E-state index contributed by atoms with van der Waals surface area (Å²) < 4.78 is 26.7. The average molecular weight is 360 g/mol. The summed E-state index contributed by atoms with van der Waals surface area (Å²) in [5.74, 6) is -1.83. The number of nitrogens with one attached hydrogen (secondary N) is 2. The molecule has 128 valence electrons. The highest BCUT2D eigenvalue weighted by molar-refractivity contribution is 7.16. The van der Waals surface area contributed by atoms with Gasteiger partial charge in [-0.25, -0.2) is 13.8 Å². The normalized spacial score (nSPS) is 10.6. The van der Waals surface area contributed by atoms with E-state index in [1.807, 2.05) is 6.92 Å². The number of anilines is 3. The van der Waals surface area contributed by atoms with Gasteiger partial charge in [0.15, 0.2) is 5.69 Å². The van der Waals surface area contributed by atoms with Crippen LogP contribution < -0.4 is 10.6 Å². The number of aromatic nitrogens is 2. The number of amides is 1. The van der Waals surface area contributed by atoms with Crippen LogP contribution in [-0.2, 0) is 0 Å². The van der Waals surface area contributed by atoms with Crippen molar-refractivity contribution in [1.29, 1.82) is 0 Å². The summed E-state index contributed by atoms with van der Waals surface area (Å²) >= 11 is 1.22. The first-order chi connectivity index (χ1) is 11.9. The van der Waals surface area contributed by atoms with Crippen LogP contribution in [0.4, 0.5) is 25.2 Å². The second-order valence-corrected chi connectivity index (χ2v) is 6.54. The maximum absolute atomic E-state index is 13.3. The third kappa shape index (κ3) is 4.16. The van der Waals surface area contributed by atoms with Crippen molar-refractivity contribution in [3.63, 3.8) is 0 Å². The van der Waals surface area contributed by atoms with E-state index in [-0.39, 0.29) is 11.4 Å². The Bertz CT molecular complexity index is 922. The van der Waals surface area contributed by atoms with Gasteiger partial charge in [0.1, 0.15) is 16.6 Å². The highest BCUT2D eigenvalue weighted by Gasteiger charge is 2.18.